The molecule has 0 saturated carbocycles. The molecule has 0 radical (unpaired) electrons. The lowest BCUT2D eigenvalue weighted by atomic mass is 10.1. The highest BCUT2D eigenvalue weighted by atomic mass is 32.2. The molecule has 7 nitrogen and oxygen atoms in total. The summed E-state index contributed by atoms with van der Waals surface area (Å²) < 4.78 is 25.5. The van der Waals surface area contributed by atoms with Gasteiger partial charge >= 0.3 is 0 Å². The van der Waals surface area contributed by atoms with E-state index in [0.717, 1.165) is 0 Å². The molecule has 2 rings (SSSR count). The summed E-state index contributed by atoms with van der Waals surface area (Å²) in [6.45, 7) is 0.656. The molecule has 1 aliphatic rings. The summed E-state index contributed by atoms with van der Waals surface area (Å²) in [5.41, 5.74) is 0. The van der Waals surface area contributed by atoms with Crippen LogP contribution in [0.5, 0.6) is 0 Å². The van der Waals surface area contributed by atoms with Crippen molar-refractivity contribution in [1.29, 1.82) is 0 Å². The van der Waals surface area contributed by atoms with Crippen molar-refractivity contribution in [1.82, 2.24) is 14.3 Å². The van der Waals surface area contributed by atoms with Gasteiger partial charge in [0.05, 0.1) is 18.6 Å². The predicted molar refractivity (Wildman–Crippen MR) is 58.5 cm³/mol. The molecule has 0 amide bonds. The summed E-state index contributed by atoms with van der Waals surface area (Å²) in [5, 5.41) is 0.0632. The molecule has 8 heteroatoms. The van der Waals surface area contributed by atoms with Crippen LogP contribution < -0.4 is 0 Å². The van der Waals surface area contributed by atoms with Gasteiger partial charge in [0.15, 0.2) is 5.03 Å². The highest BCUT2D eigenvalue weighted by molar-refractivity contribution is 7.89. The number of aromatic nitrogens is 2. The predicted octanol–water partition coefficient (Wildman–Crippen LogP) is -0.101. The van der Waals surface area contributed by atoms with Crippen LogP contribution in [0.25, 0.3) is 0 Å². The molecule has 1 unspecified atom stereocenters. The normalized spacial score (nSPS) is 22.0. The number of isocyanates is 1. The second-order valence-corrected chi connectivity index (χ2v) is 5.70. The summed E-state index contributed by atoms with van der Waals surface area (Å²) >= 11 is 0. The molecule has 1 N–H and O–H groups in total. The van der Waals surface area contributed by atoms with Crippen molar-refractivity contribution in [3.63, 3.8) is 0 Å². The lowest BCUT2D eigenvalue weighted by Gasteiger charge is -2.28. The number of hydrogen-bond donors (Lipinski definition) is 1. The maximum Gasteiger partial charge on any atom is 0.260 e. The van der Waals surface area contributed by atoms with Crippen molar-refractivity contribution in [3.8, 4) is 0 Å². The van der Waals surface area contributed by atoms with Crippen LogP contribution in [0.2, 0.25) is 0 Å². The Kier molecular flexibility index (Phi) is 3.37. The average molecular weight is 256 g/mol. The zero-order valence-corrected chi connectivity index (χ0v) is 9.85. The molecule has 0 aromatic carbocycles. The van der Waals surface area contributed by atoms with E-state index in [9.17, 15) is 13.2 Å². The number of carbonyl (C=O) groups excluding carboxylic acids is 1. The second kappa shape index (κ2) is 4.79. The van der Waals surface area contributed by atoms with E-state index in [1.165, 1.54) is 22.9 Å². The van der Waals surface area contributed by atoms with Gasteiger partial charge in [-0.3, -0.25) is 0 Å². The van der Waals surface area contributed by atoms with E-state index in [1.807, 2.05) is 0 Å². The van der Waals surface area contributed by atoms with E-state index in [2.05, 4.69) is 15.0 Å². The maximum atomic E-state index is 12.1. The summed E-state index contributed by atoms with van der Waals surface area (Å²) in [7, 11) is -3.54. The van der Waals surface area contributed by atoms with E-state index in [-0.39, 0.29) is 17.6 Å². The Balaban J connectivity index is 2.20. The van der Waals surface area contributed by atoms with E-state index in [4.69, 9.17) is 0 Å². The summed E-state index contributed by atoms with van der Waals surface area (Å²) in [6, 6.07) is -0.293. The monoisotopic (exact) mass is 256 g/mol. The number of nitrogens with zero attached hydrogens (tertiary/aromatic N) is 3. The van der Waals surface area contributed by atoms with Gasteiger partial charge in [0.2, 0.25) is 6.08 Å². The second-order valence-electron chi connectivity index (χ2n) is 3.80. The third-order valence-corrected chi connectivity index (χ3v) is 4.48. The number of imidazole rings is 1. The van der Waals surface area contributed by atoms with Crippen LogP contribution in [0.1, 0.15) is 12.8 Å². The number of hydrogen-bond acceptors (Lipinski definition) is 5. The third kappa shape index (κ3) is 2.44. The summed E-state index contributed by atoms with van der Waals surface area (Å²) in [6.07, 6.45) is 5.46. The van der Waals surface area contributed by atoms with Gasteiger partial charge in [-0.15, -0.1) is 0 Å². The number of aliphatic imine (C=N–C) groups is 1. The Labute approximate surface area is 98.6 Å². The number of piperidine rings is 1. The first-order valence-corrected chi connectivity index (χ1v) is 6.64. The molecular formula is C9H12N4O3S. The number of aromatic amines is 1. The largest absolute Gasteiger partial charge is 0.335 e. The standard InChI is InChI=1S/C9H12N4O3S/c14-7-12-8-2-1-3-13(5-8)17(15,16)9-4-10-6-11-9/h4,6,8H,1-3,5H2,(H,10,11). The Morgan fingerprint density at radius 1 is 1.59 bits per heavy atom. The van der Waals surface area contributed by atoms with Crippen molar-refractivity contribution >= 4 is 16.1 Å². The zero-order valence-electron chi connectivity index (χ0n) is 9.04. The molecule has 2 heterocycles. The van der Waals surface area contributed by atoms with Crippen LogP contribution in [-0.4, -0.2) is 47.9 Å². The van der Waals surface area contributed by atoms with Crippen LogP contribution in [0.3, 0.4) is 0 Å². The van der Waals surface area contributed by atoms with Crippen molar-refractivity contribution in [3.05, 3.63) is 12.5 Å². The Bertz CT molecular complexity index is 518. The van der Waals surface area contributed by atoms with Crippen LogP contribution in [0.4, 0.5) is 0 Å². The molecule has 17 heavy (non-hydrogen) atoms. The number of rotatable bonds is 3. The zero-order chi connectivity index (χ0) is 12.3. The van der Waals surface area contributed by atoms with Gasteiger partial charge in [0.25, 0.3) is 10.0 Å². The number of nitrogens with one attached hydrogen (secondary N) is 1. The van der Waals surface area contributed by atoms with Crippen LogP contribution in [0.15, 0.2) is 22.5 Å². The van der Waals surface area contributed by atoms with E-state index < -0.39 is 10.0 Å². The molecule has 1 aromatic rings. The molecule has 0 bridgehead atoms. The van der Waals surface area contributed by atoms with Gasteiger partial charge in [-0.1, -0.05) is 0 Å². The van der Waals surface area contributed by atoms with Gasteiger partial charge in [0.1, 0.15) is 0 Å². The molecule has 0 aliphatic carbocycles. The lowest BCUT2D eigenvalue weighted by Crippen LogP contribution is -2.41. The van der Waals surface area contributed by atoms with Crippen LogP contribution in [0, 0.1) is 0 Å². The number of H-pyrrole nitrogens is 1. The topological polar surface area (TPSA) is 95.5 Å². The van der Waals surface area contributed by atoms with E-state index >= 15 is 0 Å². The highest BCUT2D eigenvalue weighted by Crippen LogP contribution is 2.20. The maximum absolute atomic E-state index is 12.1. The van der Waals surface area contributed by atoms with Crippen LogP contribution in [-0.2, 0) is 14.8 Å². The fourth-order valence-electron chi connectivity index (χ4n) is 1.84. The molecule has 1 aliphatic heterocycles. The molecule has 0 spiro atoms. The van der Waals surface area contributed by atoms with Gasteiger partial charge in [0, 0.05) is 13.1 Å². The van der Waals surface area contributed by atoms with Crippen molar-refractivity contribution in [2.24, 2.45) is 4.99 Å². The molecule has 1 saturated heterocycles. The number of sulfonamides is 1. The third-order valence-electron chi connectivity index (χ3n) is 2.69. The van der Waals surface area contributed by atoms with Crippen molar-refractivity contribution < 1.29 is 13.2 Å². The van der Waals surface area contributed by atoms with Gasteiger partial charge in [-0.25, -0.2) is 23.2 Å². The van der Waals surface area contributed by atoms with Crippen molar-refractivity contribution in [2.75, 3.05) is 13.1 Å². The summed E-state index contributed by atoms with van der Waals surface area (Å²) in [5.74, 6) is 0. The van der Waals surface area contributed by atoms with E-state index in [1.54, 1.807) is 0 Å². The van der Waals surface area contributed by atoms with Crippen LogP contribution >= 0.6 is 0 Å². The fourth-order valence-corrected chi connectivity index (χ4v) is 3.25. The average Bonchev–Trinajstić information content (AvgIpc) is 2.84. The highest BCUT2D eigenvalue weighted by Gasteiger charge is 2.30. The van der Waals surface area contributed by atoms with Crippen molar-refractivity contribution in [2.45, 2.75) is 23.9 Å². The van der Waals surface area contributed by atoms with E-state index in [0.29, 0.717) is 19.4 Å². The first-order valence-electron chi connectivity index (χ1n) is 5.20. The Hall–Kier alpha value is -1.50. The summed E-state index contributed by atoms with van der Waals surface area (Å²) in [4.78, 5) is 20.0. The first kappa shape index (κ1) is 12.0. The Morgan fingerprint density at radius 3 is 3.06 bits per heavy atom. The Morgan fingerprint density at radius 2 is 2.41 bits per heavy atom. The van der Waals surface area contributed by atoms with Gasteiger partial charge in [-0.2, -0.15) is 4.31 Å². The first-order chi connectivity index (χ1) is 8.14. The molecule has 1 atom stereocenters. The SMILES string of the molecule is O=C=NC1CCCN(S(=O)(=O)c2cnc[nH]2)C1. The van der Waals surface area contributed by atoms with Gasteiger partial charge in [-0.05, 0) is 12.8 Å². The molecule has 92 valence electrons. The molecule has 1 fully saturated rings. The quantitative estimate of drug-likeness (QED) is 0.603. The minimum absolute atomic E-state index is 0.0632. The molecule has 1 aromatic heterocycles. The van der Waals surface area contributed by atoms with Gasteiger partial charge < -0.3 is 4.98 Å². The molecular weight excluding hydrogens is 244 g/mol. The minimum atomic E-state index is -3.54. The smallest absolute Gasteiger partial charge is 0.260 e. The minimum Gasteiger partial charge on any atom is -0.335 e. The fraction of sp³-hybridized carbons (Fsp3) is 0.556. The lowest BCUT2D eigenvalue weighted by molar-refractivity contribution is 0.316.